The van der Waals surface area contributed by atoms with Gasteiger partial charge in [-0.3, -0.25) is 4.90 Å². The maximum absolute atomic E-state index is 6.34. The first-order valence-corrected chi connectivity index (χ1v) is 11.4. The average Bonchev–Trinajstić information content (AvgIpc) is 3.51. The maximum atomic E-state index is 6.34. The molecule has 0 radical (unpaired) electrons. The van der Waals surface area contributed by atoms with E-state index >= 15 is 0 Å². The van der Waals surface area contributed by atoms with Crippen LogP contribution in [0.5, 0.6) is 0 Å². The van der Waals surface area contributed by atoms with Crippen molar-refractivity contribution in [2.75, 3.05) is 26.2 Å². The Morgan fingerprint density at radius 1 is 1.11 bits per heavy atom. The van der Waals surface area contributed by atoms with Gasteiger partial charge >= 0.3 is 0 Å². The lowest BCUT2D eigenvalue weighted by Gasteiger charge is -2.49. The molecule has 0 bridgehead atoms. The summed E-state index contributed by atoms with van der Waals surface area (Å²) in [5.41, 5.74) is 1.50. The molecule has 3 heterocycles. The van der Waals surface area contributed by atoms with Crippen LogP contribution in [0.4, 0.5) is 0 Å². The number of allylic oxidation sites excluding steroid dienone is 1. The highest BCUT2D eigenvalue weighted by Gasteiger charge is 2.73. The summed E-state index contributed by atoms with van der Waals surface area (Å²) in [6, 6.07) is 1.57. The number of rotatable bonds is 8. The van der Waals surface area contributed by atoms with Gasteiger partial charge in [0.05, 0.1) is 11.7 Å². The largest absolute Gasteiger partial charge is 0.363 e. The molecule has 0 aromatic rings. The molecule has 0 N–H and O–H groups in total. The van der Waals surface area contributed by atoms with Crippen LogP contribution in [0.1, 0.15) is 73.1 Å². The van der Waals surface area contributed by atoms with Crippen LogP contribution in [0.3, 0.4) is 0 Å². The van der Waals surface area contributed by atoms with Crippen LogP contribution in [0, 0.1) is 0 Å². The summed E-state index contributed by atoms with van der Waals surface area (Å²) < 4.78 is 12.5. The highest BCUT2D eigenvalue weighted by molar-refractivity contribution is 5.22. The van der Waals surface area contributed by atoms with E-state index in [9.17, 15) is 0 Å². The third-order valence-corrected chi connectivity index (χ3v) is 7.84. The number of ether oxygens (including phenoxy) is 2. The molecule has 0 aromatic carbocycles. The Morgan fingerprint density at radius 3 is 2.37 bits per heavy atom. The first kappa shape index (κ1) is 19.9. The Labute approximate surface area is 166 Å². The average molecular weight is 377 g/mol. The zero-order valence-corrected chi connectivity index (χ0v) is 18.2. The van der Waals surface area contributed by atoms with Crippen molar-refractivity contribution < 1.29 is 9.47 Å². The fourth-order valence-electron chi connectivity index (χ4n) is 5.69. The van der Waals surface area contributed by atoms with Crippen molar-refractivity contribution in [3.8, 4) is 0 Å². The number of epoxide rings is 2. The van der Waals surface area contributed by atoms with Crippen LogP contribution < -0.4 is 0 Å². The van der Waals surface area contributed by atoms with Gasteiger partial charge in [0.15, 0.2) is 0 Å². The van der Waals surface area contributed by atoms with Gasteiger partial charge in [-0.1, -0.05) is 25.5 Å². The lowest BCUT2D eigenvalue weighted by Crippen LogP contribution is -2.58. The van der Waals surface area contributed by atoms with Crippen molar-refractivity contribution in [1.82, 2.24) is 9.80 Å². The molecule has 4 nitrogen and oxygen atoms in total. The molecule has 27 heavy (non-hydrogen) atoms. The zero-order valence-electron chi connectivity index (χ0n) is 18.2. The van der Waals surface area contributed by atoms with Gasteiger partial charge in [0.25, 0.3) is 0 Å². The second-order valence-corrected chi connectivity index (χ2v) is 9.77. The Hall–Kier alpha value is -0.420. The predicted octanol–water partition coefficient (Wildman–Crippen LogP) is 4.00. The number of likely N-dealkylation sites (N-methyl/N-ethyl adjacent to an activating group) is 1. The lowest BCUT2D eigenvalue weighted by molar-refractivity contribution is -0.00369. The Kier molecular flexibility index (Phi) is 5.48. The van der Waals surface area contributed by atoms with Gasteiger partial charge in [-0.2, -0.15) is 0 Å². The van der Waals surface area contributed by atoms with Gasteiger partial charge in [0, 0.05) is 25.2 Å². The molecule has 4 fully saturated rings. The van der Waals surface area contributed by atoms with Crippen molar-refractivity contribution in [2.24, 2.45) is 0 Å². The summed E-state index contributed by atoms with van der Waals surface area (Å²) in [5, 5.41) is 0. The molecule has 1 saturated carbocycles. The first-order valence-electron chi connectivity index (χ1n) is 11.4. The summed E-state index contributed by atoms with van der Waals surface area (Å²) in [6.07, 6.45) is 10.5. The quantitative estimate of drug-likeness (QED) is 0.473. The summed E-state index contributed by atoms with van der Waals surface area (Å²) in [6.45, 7) is 16.1. The minimum atomic E-state index is -0.0270. The maximum Gasteiger partial charge on any atom is 0.121 e. The van der Waals surface area contributed by atoms with Gasteiger partial charge in [-0.25, -0.2) is 0 Å². The molecule has 4 heteroatoms. The van der Waals surface area contributed by atoms with Gasteiger partial charge in [0.2, 0.25) is 0 Å². The highest BCUT2D eigenvalue weighted by Crippen LogP contribution is 2.60. The van der Waals surface area contributed by atoms with Crippen LogP contribution in [-0.4, -0.2) is 71.5 Å². The van der Waals surface area contributed by atoms with Gasteiger partial charge in [0.1, 0.15) is 11.7 Å². The van der Waals surface area contributed by atoms with E-state index in [-0.39, 0.29) is 11.2 Å². The van der Waals surface area contributed by atoms with E-state index in [0.717, 1.165) is 18.5 Å². The fourth-order valence-corrected chi connectivity index (χ4v) is 5.69. The van der Waals surface area contributed by atoms with E-state index in [1.807, 2.05) is 0 Å². The van der Waals surface area contributed by atoms with Crippen molar-refractivity contribution >= 4 is 0 Å². The predicted molar refractivity (Wildman–Crippen MR) is 110 cm³/mol. The molecule has 3 saturated heterocycles. The Balaban J connectivity index is 1.25. The lowest BCUT2D eigenvalue weighted by atomic mass is 9.78. The molecular weight excluding hydrogens is 336 g/mol. The molecule has 3 aliphatic heterocycles. The third-order valence-electron chi connectivity index (χ3n) is 7.84. The minimum Gasteiger partial charge on any atom is -0.363 e. The van der Waals surface area contributed by atoms with Crippen molar-refractivity contribution in [2.45, 2.75) is 109 Å². The van der Waals surface area contributed by atoms with Crippen LogP contribution in [0.2, 0.25) is 0 Å². The molecule has 2 unspecified atom stereocenters. The van der Waals surface area contributed by atoms with E-state index < -0.39 is 0 Å². The van der Waals surface area contributed by atoms with E-state index in [1.165, 1.54) is 63.9 Å². The van der Waals surface area contributed by atoms with E-state index in [1.54, 1.807) is 0 Å². The summed E-state index contributed by atoms with van der Waals surface area (Å²) in [4.78, 5) is 5.38. The number of hydrogen-bond donors (Lipinski definition) is 0. The SMILES string of the molecule is CCN(CC)CC1CCN1C1CCC2(CC1)OC2[C@]1(C)O[C@@H]1CC=C(C)C. The molecule has 154 valence electrons. The van der Waals surface area contributed by atoms with Crippen LogP contribution >= 0.6 is 0 Å². The fraction of sp³-hybridized carbons (Fsp3) is 0.913. The Bertz CT molecular complexity index is 561. The third kappa shape index (κ3) is 3.75. The van der Waals surface area contributed by atoms with Gasteiger partial charge < -0.3 is 14.4 Å². The van der Waals surface area contributed by atoms with Gasteiger partial charge in [-0.05, 0) is 72.4 Å². The minimum absolute atomic E-state index is 0.0270. The van der Waals surface area contributed by atoms with Crippen molar-refractivity contribution in [3.63, 3.8) is 0 Å². The molecule has 0 aromatic heterocycles. The van der Waals surface area contributed by atoms with E-state index in [0.29, 0.717) is 12.2 Å². The van der Waals surface area contributed by atoms with Crippen LogP contribution in [0.25, 0.3) is 0 Å². The second-order valence-electron chi connectivity index (χ2n) is 9.77. The molecule has 0 amide bonds. The topological polar surface area (TPSA) is 31.5 Å². The van der Waals surface area contributed by atoms with Crippen molar-refractivity contribution in [1.29, 1.82) is 0 Å². The number of likely N-dealkylation sites (tertiary alicyclic amines) is 1. The molecule has 4 rings (SSSR count). The summed E-state index contributed by atoms with van der Waals surface area (Å²) in [7, 11) is 0. The van der Waals surface area contributed by atoms with Crippen LogP contribution in [-0.2, 0) is 9.47 Å². The zero-order chi connectivity index (χ0) is 19.2. The monoisotopic (exact) mass is 376 g/mol. The molecular formula is C23H40N2O2. The molecule has 1 aliphatic carbocycles. The second kappa shape index (κ2) is 7.44. The summed E-state index contributed by atoms with van der Waals surface area (Å²) in [5.74, 6) is 0. The molecule has 4 atom stereocenters. The van der Waals surface area contributed by atoms with Crippen LogP contribution in [0.15, 0.2) is 11.6 Å². The normalized spacial score (nSPS) is 43.6. The first-order chi connectivity index (χ1) is 12.9. The summed E-state index contributed by atoms with van der Waals surface area (Å²) >= 11 is 0. The van der Waals surface area contributed by atoms with Crippen molar-refractivity contribution in [3.05, 3.63) is 11.6 Å². The standard InChI is InChI=1S/C23H40N2O2/c1-6-24(7-2)16-19-12-15-25(19)18-10-13-23(14-11-18)21(27-23)22(5)20(26-22)9-8-17(3)4/h8,18-21H,6-7,9-16H2,1-5H3/t18?,19?,20-,21?,22-,23?/m1/s1. The molecule has 1 spiro atoms. The van der Waals surface area contributed by atoms with Gasteiger partial charge in [-0.15, -0.1) is 0 Å². The molecule has 4 aliphatic rings. The smallest absolute Gasteiger partial charge is 0.121 e. The Morgan fingerprint density at radius 2 is 1.81 bits per heavy atom. The number of nitrogens with zero attached hydrogens (tertiary/aromatic N) is 2. The van der Waals surface area contributed by atoms with E-state index in [2.05, 4.69) is 50.5 Å². The number of hydrogen-bond acceptors (Lipinski definition) is 4. The highest BCUT2D eigenvalue weighted by atomic mass is 16.7. The van der Waals surface area contributed by atoms with E-state index in [4.69, 9.17) is 9.47 Å².